The number of amides is 2. The van der Waals surface area contributed by atoms with Crippen LogP contribution in [0.1, 0.15) is 37.6 Å². The number of anilines is 1. The molecule has 2 rings (SSSR count). The fourth-order valence-corrected chi connectivity index (χ4v) is 3.69. The number of rotatable bonds is 7. The van der Waals surface area contributed by atoms with Gasteiger partial charge in [0, 0.05) is 25.2 Å². The monoisotopic (exact) mass is 402 g/mol. The molecule has 0 bridgehead atoms. The number of amidine groups is 1. The summed E-state index contributed by atoms with van der Waals surface area (Å²) in [7, 11) is 0. The van der Waals surface area contributed by atoms with Crippen LogP contribution in [-0.4, -0.2) is 52.3 Å². The number of carbonyl (C=O) groups is 3. The third-order valence-electron chi connectivity index (χ3n) is 3.98. The maximum atomic E-state index is 12.3. The molecule has 148 valence electrons. The molecule has 1 aliphatic rings. The van der Waals surface area contributed by atoms with Crippen molar-refractivity contribution in [1.82, 2.24) is 4.90 Å². The van der Waals surface area contributed by atoms with Crippen LogP contribution in [0.3, 0.4) is 0 Å². The molecule has 0 unspecified atom stereocenters. The van der Waals surface area contributed by atoms with Crippen molar-refractivity contribution >= 4 is 40.4 Å². The fraction of sp³-hybridized carbons (Fsp3) is 0.421. The quantitative estimate of drug-likeness (QED) is 0.697. The van der Waals surface area contributed by atoms with Gasteiger partial charge in [-0.1, -0.05) is 17.8 Å². The standard InChI is InChI=1S/C19H22N4O4S/c1-4-23(5-2)19-22-17(25)15(28-19)10-16(24)21-14-8-6-7-13(9-14)18(26)27-12(3)11-20/h6-9,12,15H,4-5,10H2,1-3H3,(H,21,24)/t12-,15-/m0/s1. The van der Waals surface area contributed by atoms with Crippen molar-refractivity contribution in [3.63, 3.8) is 0 Å². The predicted octanol–water partition coefficient (Wildman–Crippen LogP) is 2.42. The molecule has 28 heavy (non-hydrogen) atoms. The Hall–Kier alpha value is -2.86. The minimum Gasteiger partial charge on any atom is -0.444 e. The molecule has 0 saturated carbocycles. The van der Waals surface area contributed by atoms with Crippen LogP contribution in [0, 0.1) is 11.3 Å². The Kier molecular flexibility index (Phi) is 7.58. The van der Waals surface area contributed by atoms with E-state index in [9.17, 15) is 14.4 Å². The van der Waals surface area contributed by atoms with Gasteiger partial charge in [0.25, 0.3) is 5.91 Å². The van der Waals surface area contributed by atoms with Crippen LogP contribution in [0.15, 0.2) is 29.3 Å². The summed E-state index contributed by atoms with van der Waals surface area (Å²) in [6.45, 7) is 6.90. The third kappa shape index (κ3) is 5.57. The van der Waals surface area contributed by atoms with Crippen molar-refractivity contribution in [2.24, 2.45) is 4.99 Å². The maximum absolute atomic E-state index is 12.3. The van der Waals surface area contributed by atoms with E-state index in [1.165, 1.54) is 30.8 Å². The van der Waals surface area contributed by atoms with Gasteiger partial charge in [0.05, 0.1) is 5.56 Å². The highest BCUT2D eigenvalue weighted by Gasteiger charge is 2.32. The van der Waals surface area contributed by atoms with E-state index in [4.69, 9.17) is 10.00 Å². The summed E-state index contributed by atoms with van der Waals surface area (Å²) < 4.78 is 4.94. The van der Waals surface area contributed by atoms with Crippen LogP contribution >= 0.6 is 11.8 Å². The summed E-state index contributed by atoms with van der Waals surface area (Å²) in [6.07, 6.45) is -0.881. The highest BCUT2D eigenvalue weighted by molar-refractivity contribution is 8.15. The number of carbonyl (C=O) groups excluding carboxylic acids is 3. The lowest BCUT2D eigenvalue weighted by Crippen LogP contribution is -2.27. The molecule has 8 nitrogen and oxygen atoms in total. The zero-order valence-corrected chi connectivity index (χ0v) is 16.8. The highest BCUT2D eigenvalue weighted by atomic mass is 32.2. The molecule has 1 aromatic carbocycles. The molecular weight excluding hydrogens is 380 g/mol. The van der Waals surface area contributed by atoms with Gasteiger partial charge in [-0.05, 0) is 39.0 Å². The molecule has 1 N–H and O–H groups in total. The zero-order chi connectivity index (χ0) is 20.7. The van der Waals surface area contributed by atoms with Crippen LogP contribution in [0.2, 0.25) is 0 Å². The largest absolute Gasteiger partial charge is 0.444 e. The molecule has 0 saturated heterocycles. The van der Waals surface area contributed by atoms with Crippen molar-refractivity contribution in [1.29, 1.82) is 5.26 Å². The first-order chi connectivity index (χ1) is 13.4. The Labute approximate surface area is 167 Å². The number of nitriles is 1. The Morgan fingerprint density at radius 2 is 2.11 bits per heavy atom. The predicted molar refractivity (Wildman–Crippen MR) is 107 cm³/mol. The van der Waals surface area contributed by atoms with Gasteiger partial charge in [0.15, 0.2) is 11.3 Å². The van der Waals surface area contributed by atoms with Gasteiger partial charge in [-0.2, -0.15) is 10.3 Å². The molecule has 0 radical (unpaired) electrons. The van der Waals surface area contributed by atoms with Gasteiger partial charge in [0.2, 0.25) is 5.91 Å². The number of nitrogens with zero attached hydrogens (tertiary/aromatic N) is 3. The van der Waals surface area contributed by atoms with E-state index in [0.29, 0.717) is 10.9 Å². The van der Waals surface area contributed by atoms with Crippen molar-refractivity contribution < 1.29 is 19.1 Å². The lowest BCUT2D eigenvalue weighted by atomic mass is 10.2. The minimum atomic E-state index is -0.865. The topological polar surface area (TPSA) is 112 Å². The zero-order valence-electron chi connectivity index (χ0n) is 16.0. The first kappa shape index (κ1) is 21.4. The molecule has 0 aromatic heterocycles. The number of aliphatic imine (C=N–C) groups is 1. The molecule has 1 aliphatic heterocycles. The lowest BCUT2D eigenvalue weighted by molar-refractivity contribution is -0.121. The number of benzene rings is 1. The third-order valence-corrected chi connectivity index (χ3v) is 5.19. The minimum absolute atomic E-state index is 0.0160. The van der Waals surface area contributed by atoms with Crippen LogP contribution in [0.25, 0.3) is 0 Å². The second kappa shape index (κ2) is 9.90. The van der Waals surface area contributed by atoms with E-state index in [2.05, 4.69) is 10.3 Å². The summed E-state index contributed by atoms with van der Waals surface area (Å²) in [6, 6.07) is 8.04. The van der Waals surface area contributed by atoms with Crippen molar-refractivity contribution in [3.05, 3.63) is 29.8 Å². The van der Waals surface area contributed by atoms with Gasteiger partial charge < -0.3 is 15.0 Å². The molecular formula is C19H22N4O4S. The first-order valence-corrected chi connectivity index (χ1v) is 9.80. The normalized spacial score (nSPS) is 16.7. The average Bonchev–Trinajstić information content (AvgIpc) is 3.02. The molecule has 1 heterocycles. The fourth-order valence-electron chi connectivity index (χ4n) is 2.50. The second-order valence-corrected chi connectivity index (χ2v) is 7.19. The average molecular weight is 402 g/mol. The Morgan fingerprint density at radius 3 is 2.75 bits per heavy atom. The number of nitrogens with one attached hydrogen (secondary N) is 1. The van der Waals surface area contributed by atoms with Crippen LogP contribution in [0.4, 0.5) is 5.69 Å². The Balaban J connectivity index is 1.95. The van der Waals surface area contributed by atoms with E-state index in [-0.39, 0.29) is 23.8 Å². The molecule has 0 spiro atoms. The van der Waals surface area contributed by atoms with Crippen molar-refractivity contribution in [2.75, 3.05) is 18.4 Å². The lowest BCUT2D eigenvalue weighted by Gasteiger charge is -2.19. The molecule has 2 amide bonds. The van der Waals surface area contributed by atoms with Crippen LogP contribution in [-0.2, 0) is 14.3 Å². The number of ether oxygens (including phenoxy) is 1. The van der Waals surface area contributed by atoms with Crippen LogP contribution < -0.4 is 5.32 Å². The highest BCUT2D eigenvalue weighted by Crippen LogP contribution is 2.27. The van der Waals surface area contributed by atoms with Crippen molar-refractivity contribution in [2.45, 2.75) is 38.5 Å². The van der Waals surface area contributed by atoms with Gasteiger partial charge >= 0.3 is 5.97 Å². The number of hydrogen-bond donors (Lipinski definition) is 1. The van der Waals surface area contributed by atoms with Gasteiger partial charge in [-0.3, -0.25) is 9.59 Å². The van der Waals surface area contributed by atoms with E-state index in [1.807, 2.05) is 24.8 Å². The van der Waals surface area contributed by atoms with E-state index in [0.717, 1.165) is 13.1 Å². The van der Waals surface area contributed by atoms with Crippen LogP contribution in [0.5, 0.6) is 0 Å². The maximum Gasteiger partial charge on any atom is 0.339 e. The number of thioether (sulfide) groups is 1. The number of hydrogen-bond acceptors (Lipinski definition) is 7. The van der Waals surface area contributed by atoms with Gasteiger partial charge in [0.1, 0.15) is 11.3 Å². The molecule has 0 fully saturated rings. The number of esters is 1. The van der Waals surface area contributed by atoms with Gasteiger partial charge in [-0.15, -0.1) is 0 Å². The van der Waals surface area contributed by atoms with E-state index < -0.39 is 17.3 Å². The first-order valence-electron chi connectivity index (χ1n) is 8.92. The molecule has 2 atom stereocenters. The molecule has 9 heteroatoms. The summed E-state index contributed by atoms with van der Waals surface area (Å²) in [5.41, 5.74) is 0.628. The molecule has 1 aromatic rings. The summed E-state index contributed by atoms with van der Waals surface area (Å²) >= 11 is 1.29. The van der Waals surface area contributed by atoms with Gasteiger partial charge in [-0.25, -0.2) is 4.79 Å². The summed E-state index contributed by atoms with van der Waals surface area (Å²) in [5.74, 6) is -1.31. The summed E-state index contributed by atoms with van der Waals surface area (Å²) in [5, 5.41) is 11.5. The smallest absolute Gasteiger partial charge is 0.339 e. The Bertz CT molecular complexity index is 829. The van der Waals surface area contributed by atoms with Crippen molar-refractivity contribution in [3.8, 4) is 6.07 Å². The second-order valence-electron chi connectivity index (χ2n) is 6.02. The SMILES string of the molecule is CCN(CC)C1=NC(=O)[C@H](CC(=O)Nc2cccc(C(=O)O[C@@H](C)C#N)c2)S1. The van der Waals surface area contributed by atoms with E-state index >= 15 is 0 Å². The Morgan fingerprint density at radius 1 is 1.39 bits per heavy atom. The van der Waals surface area contributed by atoms with E-state index in [1.54, 1.807) is 12.1 Å². The summed E-state index contributed by atoms with van der Waals surface area (Å²) in [4.78, 5) is 42.4. The molecule has 0 aliphatic carbocycles.